The number of hydrogen-bond acceptors (Lipinski definition) is 4. The summed E-state index contributed by atoms with van der Waals surface area (Å²) in [6.45, 7) is 3.48. The molecule has 3 aromatic carbocycles. The minimum atomic E-state index is -0.863. The van der Waals surface area contributed by atoms with Gasteiger partial charge in [-0.15, -0.1) is 0 Å². The molecule has 2 N–H and O–H groups in total. The van der Waals surface area contributed by atoms with E-state index in [0.717, 1.165) is 29.5 Å². The zero-order valence-corrected chi connectivity index (χ0v) is 18.4. The highest BCUT2D eigenvalue weighted by Crippen LogP contribution is 2.35. The highest BCUT2D eigenvalue weighted by atomic mass is 19.1. The Labute approximate surface area is 188 Å². The molecule has 0 aromatic heterocycles. The number of phenolic OH excluding ortho intramolecular Hbond substituents is 1. The first-order valence-electron chi connectivity index (χ1n) is 11.2. The van der Waals surface area contributed by atoms with Gasteiger partial charge in [0.1, 0.15) is 5.82 Å². The molecule has 0 bridgehead atoms. The van der Waals surface area contributed by atoms with Crippen LogP contribution in [0.4, 0.5) is 4.39 Å². The van der Waals surface area contributed by atoms with Crippen molar-refractivity contribution < 1.29 is 19.3 Å². The zero-order chi connectivity index (χ0) is 22.6. The molecule has 1 aliphatic rings. The number of ether oxygens (including phenoxy) is 1. The monoisotopic (exact) mass is 435 g/mol. The fourth-order valence-electron chi connectivity index (χ4n) is 4.36. The van der Waals surface area contributed by atoms with Crippen molar-refractivity contribution in [2.24, 2.45) is 0 Å². The number of hydrogen-bond donors (Lipinski definition) is 2. The van der Waals surface area contributed by atoms with E-state index in [9.17, 15) is 14.6 Å². The molecule has 4 nitrogen and oxygen atoms in total. The molecule has 0 spiro atoms. The second-order valence-electron chi connectivity index (χ2n) is 8.52. The first kappa shape index (κ1) is 22.3. The topological polar surface area (TPSA) is 52.9 Å². The quantitative estimate of drug-likeness (QED) is 0.534. The van der Waals surface area contributed by atoms with Crippen LogP contribution in [0.15, 0.2) is 72.8 Å². The van der Waals surface area contributed by atoms with E-state index in [1.165, 1.54) is 12.1 Å². The Bertz CT molecular complexity index is 1010. The lowest BCUT2D eigenvalue weighted by atomic mass is 9.83. The van der Waals surface area contributed by atoms with Crippen molar-refractivity contribution in [3.05, 3.63) is 95.3 Å². The van der Waals surface area contributed by atoms with Crippen LogP contribution in [0, 0.1) is 5.82 Å². The minimum Gasteiger partial charge on any atom is -0.504 e. The molecular weight excluding hydrogens is 405 g/mol. The summed E-state index contributed by atoms with van der Waals surface area (Å²) in [5, 5.41) is 21.3. The molecule has 4 rings (SSSR count). The molecule has 1 aliphatic heterocycles. The number of likely N-dealkylation sites (tertiary alicyclic amines) is 1. The van der Waals surface area contributed by atoms with Gasteiger partial charge < -0.3 is 14.9 Å². The van der Waals surface area contributed by atoms with Gasteiger partial charge in [0.05, 0.1) is 5.60 Å². The van der Waals surface area contributed by atoms with Crippen molar-refractivity contribution in [1.82, 2.24) is 4.90 Å². The van der Waals surface area contributed by atoms with E-state index in [1.807, 2.05) is 30.3 Å². The van der Waals surface area contributed by atoms with Gasteiger partial charge in [-0.2, -0.15) is 0 Å². The van der Waals surface area contributed by atoms with Crippen molar-refractivity contribution in [2.75, 3.05) is 13.1 Å². The Balaban J connectivity index is 1.37. The highest BCUT2D eigenvalue weighted by Gasteiger charge is 2.36. The van der Waals surface area contributed by atoms with Gasteiger partial charge in [-0.1, -0.05) is 55.5 Å². The lowest BCUT2D eigenvalue weighted by Gasteiger charge is -2.41. The maximum atomic E-state index is 13.1. The average Bonchev–Trinajstić information content (AvgIpc) is 2.81. The SMILES string of the molecule is CCC(Oc1ccccc1O)N1CCC(O)(c2ccc(Cc3ccc(F)cc3)cc2)CC1. The van der Waals surface area contributed by atoms with Crippen LogP contribution in [-0.2, 0) is 12.0 Å². The second kappa shape index (κ2) is 9.72. The fraction of sp³-hybridized carbons (Fsp3) is 0.333. The molecule has 0 amide bonds. The molecule has 1 atom stereocenters. The van der Waals surface area contributed by atoms with E-state index in [2.05, 4.69) is 11.8 Å². The summed E-state index contributed by atoms with van der Waals surface area (Å²) < 4.78 is 19.2. The average molecular weight is 436 g/mol. The third-order valence-electron chi connectivity index (χ3n) is 6.32. The largest absolute Gasteiger partial charge is 0.504 e. The number of aliphatic hydroxyl groups is 1. The Morgan fingerprint density at radius 3 is 2.12 bits per heavy atom. The van der Waals surface area contributed by atoms with Gasteiger partial charge in [-0.05, 0) is 66.6 Å². The number of benzene rings is 3. The van der Waals surface area contributed by atoms with Crippen molar-refractivity contribution in [1.29, 1.82) is 0 Å². The molecule has 5 heteroatoms. The van der Waals surface area contributed by atoms with E-state index in [0.29, 0.717) is 31.7 Å². The Hall–Kier alpha value is -2.89. The first-order valence-corrected chi connectivity index (χ1v) is 11.2. The molecular formula is C27H30FNO3. The van der Waals surface area contributed by atoms with Gasteiger partial charge in [-0.25, -0.2) is 4.39 Å². The van der Waals surface area contributed by atoms with E-state index >= 15 is 0 Å². The maximum Gasteiger partial charge on any atom is 0.163 e. The lowest BCUT2D eigenvalue weighted by molar-refractivity contribution is -0.0699. The fourth-order valence-corrected chi connectivity index (χ4v) is 4.36. The van der Waals surface area contributed by atoms with E-state index < -0.39 is 5.60 Å². The number of para-hydroxylation sites is 2. The highest BCUT2D eigenvalue weighted by molar-refractivity contribution is 5.38. The van der Waals surface area contributed by atoms with Crippen LogP contribution in [0.2, 0.25) is 0 Å². The third kappa shape index (κ3) is 5.12. The zero-order valence-electron chi connectivity index (χ0n) is 18.4. The van der Waals surface area contributed by atoms with Crippen LogP contribution in [0.3, 0.4) is 0 Å². The summed E-state index contributed by atoms with van der Waals surface area (Å²) in [5.74, 6) is 0.395. The molecule has 3 aromatic rings. The van der Waals surface area contributed by atoms with Gasteiger partial charge in [0.15, 0.2) is 17.7 Å². The molecule has 0 saturated carbocycles. The number of rotatable bonds is 7. The molecule has 1 unspecified atom stereocenters. The van der Waals surface area contributed by atoms with Crippen molar-refractivity contribution in [3.63, 3.8) is 0 Å². The Kier molecular flexibility index (Phi) is 6.77. The van der Waals surface area contributed by atoms with Crippen molar-refractivity contribution >= 4 is 0 Å². The smallest absolute Gasteiger partial charge is 0.163 e. The summed E-state index contributed by atoms with van der Waals surface area (Å²) in [4.78, 5) is 2.23. The Morgan fingerprint density at radius 2 is 1.53 bits per heavy atom. The predicted molar refractivity (Wildman–Crippen MR) is 123 cm³/mol. The molecule has 0 radical (unpaired) electrons. The lowest BCUT2D eigenvalue weighted by Crippen LogP contribution is -2.48. The third-order valence-corrected chi connectivity index (χ3v) is 6.32. The molecule has 1 heterocycles. The number of aromatic hydroxyl groups is 1. The van der Waals surface area contributed by atoms with E-state index in [1.54, 1.807) is 30.3 Å². The van der Waals surface area contributed by atoms with Crippen molar-refractivity contribution in [3.8, 4) is 11.5 Å². The summed E-state index contributed by atoms with van der Waals surface area (Å²) >= 11 is 0. The normalized spacial score (nSPS) is 17.1. The molecule has 168 valence electrons. The van der Waals surface area contributed by atoms with Crippen LogP contribution in [-0.4, -0.2) is 34.4 Å². The second-order valence-corrected chi connectivity index (χ2v) is 8.52. The van der Waals surface area contributed by atoms with Gasteiger partial charge in [0.25, 0.3) is 0 Å². The van der Waals surface area contributed by atoms with Gasteiger partial charge in [-0.3, -0.25) is 4.90 Å². The summed E-state index contributed by atoms with van der Waals surface area (Å²) in [7, 11) is 0. The summed E-state index contributed by atoms with van der Waals surface area (Å²) in [6, 6.07) is 21.7. The number of piperidine rings is 1. The van der Waals surface area contributed by atoms with Crippen LogP contribution in [0.25, 0.3) is 0 Å². The molecule has 32 heavy (non-hydrogen) atoms. The van der Waals surface area contributed by atoms with E-state index in [-0.39, 0.29) is 17.8 Å². The Morgan fingerprint density at radius 1 is 0.938 bits per heavy atom. The minimum absolute atomic E-state index is 0.139. The number of nitrogens with zero attached hydrogens (tertiary/aromatic N) is 1. The van der Waals surface area contributed by atoms with Crippen molar-refractivity contribution in [2.45, 2.75) is 44.4 Å². The predicted octanol–water partition coefficient (Wildman–Crippen LogP) is 5.22. The standard InChI is InChI=1S/C27H30FNO3/c1-2-26(32-25-6-4-3-5-24(25)30)29-17-15-27(31,16-18-29)22-11-7-20(8-12-22)19-21-9-13-23(28)14-10-21/h3-14,26,30-31H,2,15-19H2,1H3. The van der Waals surface area contributed by atoms with Crippen LogP contribution in [0.5, 0.6) is 11.5 Å². The van der Waals surface area contributed by atoms with Gasteiger partial charge in [0.2, 0.25) is 0 Å². The van der Waals surface area contributed by atoms with Gasteiger partial charge in [0, 0.05) is 13.1 Å². The number of phenols is 1. The molecule has 1 saturated heterocycles. The van der Waals surface area contributed by atoms with Crippen LogP contribution in [0.1, 0.15) is 42.9 Å². The van der Waals surface area contributed by atoms with Crippen LogP contribution < -0.4 is 4.74 Å². The maximum absolute atomic E-state index is 13.1. The van der Waals surface area contributed by atoms with Crippen LogP contribution >= 0.6 is 0 Å². The molecule has 0 aliphatic carbocycles. The van der Waals surface area contributed by atoms with Gasteiger partial charge >= 0.3 is 0 Å². The molecule has 1 fully saturated rings. The first-order chi connectivity index (χ1) is 15.5. The number of halogens is 1. The summed E-state index contributed by atoms with van der Waals surface area (Å²) in [5.41, 5.74) is 2.25. The van der Waals surface area contributed by atoms with E-state index in [4.69, 9.17) is 4.74 Å². The summed E-state index contributed by atoms with van der Waals surface area (Å²) in [6.07, 6.45) is 2.60.